The number of amides is 1. The molecule has 1 aliphatic rings. The minimum Gasteiger partial charge on any atom is -0.446 e. The van der Waals surface area contributed by atoms with Crippen LogP contribution in [0.5, 0.6) is 0 Å². The molecule has 3 atom stereocenters. The standard InChI is InChI=1S/C14H18FNO3/c1-3-14(18-2,9-6-4-5-7-11(9)15)10-8-12(10)19-13(16)17/h4-7,10,12H,3,8H2,1-2H3,(H2,16,17)/t10-,12?,14+/m0/s1. The average molecular weight is 267 g/mol. The van der Waals surface area contributed by atoms with Gasteiger partial charge in [0, 0.05) is 18.6 Å². The number of methoxy groups -OCH3 is 1. The SMILES string of the molecule is CC[C@@](OC)(c1ccccc1F)[C@H]1CC1OC(N)=O. The summed E-state index contributed by atoms with van der Waals surface area (Å²) >= 11 is 0. The maximum atomic E-state index is 14.0. The Labute approximate surface area is 111 Å². The van der Waals surface area contributed by atoms with E-state index < -0.39 is 11.7 Å². The van der Waals surface area contributed by atoms with Crippen LogP contribution in [0.25, 0.3) is 0 Å². The molecule has 1 saturated carbocycles. The van der Waals surface area contributed by atoms with Crippen molar-refractivity contribution in [2.45, 2.75) is 31.5 Å². The van der Waals surface area contributed by atoms with Gasteiger partial charge in [0.15, 0.2) is 0 Å². The smallest absolute Gasteiger partial charge is 0.404 e. The molecule has 0 heterocycles. The van der Waals surface area contributed by atoms with Crippen LogP contribution in [0, 0.1) is 11.7 Å². The van der Waals surface area contributed by atoms with Crippen LogP contribution in [-0.4, -0.2) is 19.3 Å². The topological polar surface area (TPSA) is 61.6 Å². The van der Waals surface area contributed by atoms with Gasteiger partial charge in [0.25, 0.3) is 0 Å². The Morgan fingerprint density at radius 2 is 2.21 bits per heavy atom. The summed E-state index contributed by atoms with van der Waals surface area (Å²) in [5, 5.41) is 0. The summed E-state index contributed by atoms with van der Waals surface area (Å²) in [7, 11) is 1.55. The fourth-order valence-corrected chi connectivity index (χ4v) is 2.80. The number of primary amides is 1. The van der Waals surface area contributed by atoms with Gasteiger partial charge in [-0.1, -0.05) is 25.1 Å². The van der Waals surface area contributed by atoms with Gasteiger partial charge in [0.1, 0.15) is 17.5 Å². The first kappa shape index (κ1) is 13.8. The monoisotopic (exact) mass is 267 g/mol. The molecule has 0 aromatic heterocycles. The zero-order valence-corrected chi connectivity index (χ0v) is 11.1. The van der Waals surface area contributed by atoms with Crippen LogP contribution >= 0.6 is 0 Å². The molecule has 19 heavy (non-hydrogen) atoms. The minimum absolute atomic E-state index is 0.0631. The Morgan fingerprint density at radius 1 is 1.53 bits per heavy atom. The van der Waals surface area contributed by atoms with Gasteiger partial charge in [-0.25, -0.2) is 9.18 Å². The number of benzene rings is 1. The van der Waals surface area contributed by atoms with Crippen molar-refractivity contribution in [2.24, 2.45) is 11.7 Å². The summed E-state index contributed by atoms with van der Waals surface area (Å²) in [6.07, 6.45) is 0.131. The van der Waals surface area contributed by atoms with E-state index in [1.165, 1.54) is 6.07 Å². The van der Waals surface area contributed by atoms with E-state index in [1.807, 2.05) is 6.92 Å². The maximum absolute atomic E-state index is 14.0. The lowest BCUT2D eigenvalue weighted by molar-refractivity contribution is -0.0513. The molecule has 1 unspecified atom stereocenters. The highest BCUT2D eigenvalue weighted by atomic mass is 19.1. The second-order valence-corrected chi connectivity index (χ2v) is 4.74. The number of ether oxygens (including phenoxy) is 2. The first-order valence-corrected chi connectivity index (χ1v) is 6.31. The molecule has 1 aliphatic carbocycles. The fourth-order valence-electron chi connectivity index (χ4n) is 2.80. The summed E-state index contributed by atoms with van der Waals surface area (Å²) in [6.45, 7) is 1.93. The quantitative estimate of drug-likeness (QED) is 0.891. The summed E-state index contributed by atoms with van der Waals surface area (Å²) in [6, 6.07) is 6.53. The van der Waals surface area contributed by atoms with E-state index in [9.17, 15) is 9.18 Å². The van der Waals surface area contributed by atoms with Gasteiger partial charge >= 0.3 is 6.09 Å². The van der Waals surface area contributed by atoms with Crippen molar-refractivity contribution in [3.05, 3.63) is 35.6 Å². The van der Waals surface area contributed by atoms with Gasteiger partial charge in [-0.15, -0.1) is 0 Å². The number of hydrogen-bond donors (Lipinski definition) is 1. The predicted molar refractivity (Wildman–Crippen MR) is 67.9 cm³/mol. The first-order chi connectivity index (χ1) is 9.05. The third-order valence-corrected chi connectivity index (χ3v) is 3.82. The van der Waals surface area contributed by atoms with Crippen LogP contribution in [0.3, 0.4) is 0 Å². The van der Waals surface area contributed by atoms with Crippen LogP contribution < -0.4 is 5.73 Å². The lowest BCUT2D eigenvalue weighted by Gasteiger charge is -2.32. The number of hydrogen-bond acceptors (Lipinski definition) is 3. The molecule has 1 amide bonds. The third-order valence-electron chi connectivity index (χ3n) is 3.82. The van der Waals surface area contributed by atoms with E-state index in [2.05, 4.69) is 0 Å². The second-order valence-electron chi connectivity index (χ2n) is 4.74. The molecule has 5 heteroatoms. The van der Waals surface area contributed by atoms with E-state index in [0.29, 0.717) is 18.4 Å². The average Bonchev–Trinajstić information content (AvgIpc) is 3.12. The molecule has 104 valence electrons. The maximum Gasteiger partial charge on any atom is 0.404 e. The van der Waals surface area contributed by atoms with Gasteiger partial charge in [0.2, 0.25) is 0 Å². The first-order valence-electron chi connectivity index (χ1n) is 6.31. The lowest BCUT2D eigenvalue weighted by Crippen LogP contribution is -2.34. The van der Waals surface area contributed by atoms with Crippen molar-refractivity contribution in [1.82, 2.24) is 0 Å². The predicted octanol–water partition coefficient (Wildman–Crippen LogP) is 2.56. The molecule has 0 radical (unpaired) electrons. The van der Waals surface area contributed by atoms with Gasteiger partial charge in [0.05, 0.1) is 0 Å². The largest absolute Gasteiger partial charge is 0.446 e. The highest BCUT2D eigenvalue weighted by molar-refractivity contribution is 5.65. The number of carbonyl (C=O) groups is 1. The number of halogens is 1. The Balaban J connectivity index is 2.30. The van der Waals surface area contributed by atoms with Gasteiger partial charge in [-0.05, 0) is 18.9 Å². The summed E-state index contributed by atoms with van der Waals surface area (Å²) in [5.74, 6) is -0.372. The zero-order chi connectivity index (χ0) is 14.0. The van der Waals surface area contributed by atoms with Crippen LogP contribution in [0.2, 0.25) is 0 Å². The molecule has 1 fully saturated rings. The van der Waals surface area contributed by atoms with E-state index in [-0.39, 0.29) is 17.8 Å². The zero-order valence-electron chi connectivity index (χ0n) is 11.1. The molecule has 1 aromatic rings. The van der Waals surface area contributed by atoms with Crippen LogP contribution in [0.4, 0.5) is 9.18 Å². The Kier molecular flexibility index (Phi) is 3.75. The van der Waals surface area contributed by atoms with Crippen molar-refractivity contribution >= 4 is 6.09 Å². The van der Waals surface area contributed by atoms with E-state index >= 15 is 0 Å². The van der Waals surface area contributed by atoms with E-state index in [4.69, 9.17) is 15.2 Å². The lowest BCUT2D eigenvalue weighted by atomic mass is 9.85. The summed E-state index contributed by atoms with van der Waals surface area (Å²) in [5.41, 5.74) is 4.74. The van der Waals surface area contributed by atoms with Crippen LogP contribution in [0.1, 0.15) is 25.3 Å². The minimum atomic E-state index is -0.804. The number of rotatable bonds is 5. The van der Waals surface area contributed by atoms with Crippen LogP contribution in [-0.2, 0) is 15.1 Å². The van der Waals surface area contributed by atoms with Crippen LogP contribution in [0.15, 0.2) is 24.3 Å². The molecule has 2 rings (SSSR count). The third kappa shape index (κ3) is 2.42. The fraction of sp³-hybridized carbons (Fsp3) is 0.500. The molecule has 0 bridgehead atoms. The molecule has 0 spiro atoms. The molecule has 0 saturated heterocycles. The van der Waals surface area contributed by atoms with Gasteiger partial charge in [-0.3, -0.25) is 0 Å². The molecular formula is C14H18FNO3. The molecule has 0 aliphatic heterocycles. The van der Waals surface area contributed by atoms with Crippen molar-refractivity contribution in [2.75, 3.05) is 7.11 Å². The highest BCUT2D eigenvalue weighted by Crippen LogP contribution is 2.52. The molecule has 2 N–H and O–H groups in total. The normalized spacial score (nSPS) is 24.6. The Bertz CT molecular complexity index is 474. The molecular weight excluding hydrogens is 249 g/mol. The summed E-state index contributed by atoms with van der Waals surface area (Å²) < 4.78 is 24.6. The summed E-state index contributed by atoms with van der Waals surface area (Å²) in [4.78, 5) is 10.8. The Hall–Kier alpha value is -1.62. The van der Waals surface area contributed by atoms with E-state index in [0.717, 1.165) is 0 Å². The number of nitrogens with two attached hydrogens (primary N) is 1. The van der Waals surface area contributed by atoms with Crippen molar-refractivity contribution < 1.29 is 18.7 Å². The van der Waals surface area contributed by atoms with Gasteiger partial charge in [-0.2, -0.15) is 0 Å². The van der Waals surface area contributed by atoms with E-state index in [1.54, 1.807) is 25.3 Å². The van der Waals surface area contributed by atoms with Crippen molar-refractivity contribution in [3.8, 4) is 0 Å². The number of carbonyl (C=O) groups excluding carboxylic acids is 1. The highest BCUT2D eigenvalue weighted by Gasteiger charge is 2.56. The van der Waals surface area contributed by atoms with Gasteiger partial charge < -0.3 is 15.2 Å². The Morgan fingerprint density at radius 3 is 2.74 bits per heavy atom. The molecule has 1 aromatic carbocycles. The van der Waals surface area contributed by atoms with Crippen molar-refractivity contribution in [3.63, 3.8) is 0 Å². The van der Waals surface area contributed by atoms with Crippen molar-refractivity contribution in [1.29, 1.82) is 0 Å². The second kappa shape index (κ2) is 5.17. The molecule has 4 nitrogen and oxygen atoms in total.